The SMILES string of the molecule is CN(Cc1ncc[nH]1)S(=O)(=O)c1ccc(=O)[nH]c1. The number of H-pyrrole nitrogens is 2. The molecule has 2 rings (SSSR count). The van der Waals surface area contributed by atoms with E-state index in [-0.39, 0.29) is 17.0 Å². The highest BCUT2D eigenvalue weighted by atomic mass is 32.2. The smallest absolute Gasteiger partial charge is 0.247 e. The van der Waals surface area contributed by atoms with E-state index in [1.807, 2.05) is 0 Å². The third kappa shape index (κ3) is 2.49. The van der Waals surface area contributed by atoms with E-state index >= 15 is 0 Å². The highest BCUT2D eigenvalue weighted by molar-refractivity contribution is 7.89. The van der Waals surface area contributed by atoms with Gasteiger partial charge >= 0.3 is 0 Å². The summed E-state index contributed by atoms with van der Waals surface area (Å²) in [6, 6.07) is 2.44. The number of rotatable bonds is 4. The van der Waals surface area contributed by atoms with Crippen LogP contribution in [0.1, 0.15) is 5.82 Å². The Morgan fingerprint density at radius 2 is 2.11 bits per heavy atom. The first kappa shape index (κ1) is 12.5. The van der Waals surface area contributed by atoms with Crippen LogP contribution in [-0.4, -0.2) is 34.7 Å². The molecule has 0 atom stereocenters. The summed E-state index contributed by atoms with van der Waals surface area (Å²) >= 11 is 0. The zero-order chi connectivity index (χ0) is 13.2. The number of hydrogen-bond donors (Lipinski definition) is 2. The quantitative estimate of drug-likeness (QED) is 0.810. The lowest BCUT2D eigenvalue weighted by molar-refractivity contribution is 0.458. The largest absolute Gasteiger partial charge is 0.347 e. The summed E-state index contributed by atoms with van der Waals surface area (Å²) in [5, 5.41) is 0. The summed E-state index contributed by atoms with van der Waals surface area (Å²) in [5.41, 5.74) is -0.345. The van der Waals surface area contributed by atoms with Crippen LogP contribution in [0.5, 0.6) is 0 Å². The van der Waals surface area contributed by atoms with Gasteiger partial charge in [-0.2, -0.15) is 4.31 Å². The molecule has 2 heterocycles. The molecular formula is C10H12N4O3S. The molecule has 18 heavy (non-hydrogen) atoms. The number of aromatic amines is 2. The van der Waals surface area contributed by atoms with Crippen molar-refractivity contribution in [3.8, 4) is 0 Å². The van der Waals surface area contributed by atoms with Gasteiger partial charge in [-0.05, 0) is 6.07 Å². The Labute approximate surface area is 104 Å². The summed E-state index contributed by atoms with van der Waals surface area (Å²) < 4.78 is 25.4. The van der Waals surface area contributed by atoms with Crippen molar-refractivity contribution in [3.63, 3.8) is 0 Å². The third-order valence-corrected chi connectivity index (χ3v) is 4.19. The maximum atomic E-state index is 12.1. The molecule has 0 radical (unpaired) electrons. The standard InChI is InChI=1S/C10H12N4O3S/c1-14(7-9-11-4-5-12-9)18(16,17)8-2-3-10(15)13-6-8/h2-6H,7H2,1H3,(H,11,12)(H,13,15). The Morgan fingerprint density at radius 3 is 2.67 bits per heavy atom. The fourth-order valence-corrected chi connectivity index (χ4v) is 2.52. The lowest BCUT2D eigenvalue weighted by Gasteiger charge is -2.15. The summed E-state index contributed by atoms with van der Waals surface area (Å²) in [6.45, 7) is 0.133. The van der Waals surface area contributed by atoms with Gasteiger partial charge in [0.1, 0.15) is 5.82 Å². The fraction of sp³-hybridized carbons (Fsp3) is 0.200. The van der Waals surface area contributed by atoms with Crippen molar-refractivity contribution in [2.45, 2.75) is 11.4 Å². The van der Waals surface area contributed by atoms with Gasteiger partial charge in [-0.3, -0.25) is 4.79 Å². The van der Waals surface area contributed by atoms with Crippen molar-refractivity contribution in [2.75, 3.05) is 7.05 Å². The number of hydrogen-bond acceptors (Lipinski definition) is 4. The van der Waals surface area contributed by atoms with Gasteiger partial charge in [0.05, 0.1) is 11.4 Å². The summed E-state index contributed by atoms with van der Waals surface area (Å²) in [4.78, 5) is 20.1. The topological polar surface area (TPSA) is 98.9 Å². The van der Waals surface area contributed by atoms with Crippen LogP contribution in [0.15, 0.2) is 40.4 Å². The molecule has 0 aromatic carbocycles. The Bertz CT molecular complexity index is 655. The molecule has 0 amide bonds. The monoisotopic (exact) mass is 268 g/mol. The molecule has 0 aliphatic carbocycles. The Morgan fingerprint density at radius 1 is 1.33 bits per heavy atom. The zero-order valence-electron chi connectivity index (χ0n) is 9.62. The molecule has 0 aliphatic heterocycles. The Kier molecular flexibility index (Phi) is 3.30. The van der Waals surface area contributed by atoms with Crippen molar-refractivity contribution < 1.29 is 8.42 Å². The van der Waals surface area contributed by atoms with Crippen molar-refractivity contribution in [3.05, 3.63) is 46.9 Å². The molecule has 0 saturated heterocycles. The Balaban J connectivity index is 2.25. The minimum Gasteiger partial charge on any atom is -0.347 e. The number of sulfonamides is 1. The molecule has 96 valence electrons. The molecule has 7 nitrogen and oxygen atoms in total. The van der Waals surface area contributed by atoms with Gasteiger partial charge in [0.15, 0.2) is 0 Å². The van der Waals surface area contributed by atoms with E-state index in [1.54, 1.807) is 12.4 Å². The van der Waals surface area contributed by atoms with E-state index in [4.69, 9.17) is 0 Å². The molecule has 0 aliphatic rings. The van der Waals surface area contributed by atoms with E-state index in [2.05, 4.69) is 15.0 Å². The van der Waals surface area contributed by atoms with Gasteiger partial charge in [-0.1, -0.05) is 0 Å². The lowest BCUT2D eigenvalue weighted by atomic mass is 10.5. The second-order valence-corrected chi connectivity index (χ2v) is 5.73. The highest BCUT2D eigenvalue weighted by Gasteiger charge is 2.21. The van der Waals surface area contributed by atoms with Crippen LogP contribution in [0.2, 0.25) is 0 Å². The number of pyridine rings is 1. The summed E-state index contributed by atoms with van der Waals surface area (Å²) in [6.07, 6.45) is 4.35. The molecule has 2 aromatic rings. The van der Waals surface area contributed by atoms with Crippen molar-refractivity contribution >= 4 is 10.0 Å². The maximum absolute atomic E-state index is 12.1. The first-order valence-electron chi connectivity index (χ1n) is 5.13. The predicted octanol–water partition coefficient (Wildman–Crippen LogP) is -0.0813. The minimum absolute atomic E-state index is 0.0381. The first-order valence-corrected chi connectivity index (χ1v) is 6.57. The molecular weight excluding hydrogens is 256 g/mol. The summed E-state index contributed by atoms with van der Waals surface area (Å²) in [7, 11) is -2.18. The second-order valence-electron chi connectivity index (χ2n) is 3.69. The van der Waals surface area contributed by atoms with E-state index < -0.39 is 10.0 Å². The van der Waals surface area contributed by atoms with Crippen LogP contribution in [-0.2, 0) is 16.6 Å². The van der Waals surface area contributed by atoms with Crippen molar-refractivity contribution in [1.29, 1.82) is 0 Å². The maximum Gasteiger partial charge on any atom is 0.247 e. The average molecular weight is 268 g/mol. The first-order chi connectivity index (χ1) is 8.50. The highest BCUT2D eigenvalue weighted by Crippen LogP contribution is 2.13. The van der Waals surface area contributed by atoms with Gasteiger partial charge < -0.3 is 9.97 Å². The fourth-order valence-electron chi connectivity index (χ4n) is 1.42. The predicted molar refractivity (Wildman–Crippen MR) is 64.3 cm³/mol. The van der Waals surface area contributed by atoms with Crippen LogP contribution in [0, 0.1) is 0 Å². The van der Waals surface area contributed by atoms with Crippen LogP contribution < -0.4 is 5.56 Å². The van der Waals surface area contributed by atoms with Gasteiger partial charge in [0.2, 0.25) is 15.6 Å². The molecule has 8 heteroatoms. The van der Waals surface area contributed by atoms with Crippen molar-refractivity contribution in [2.24, 2.45) is 0 Å². The lowest BCUT2D eigenvalue weighted by Crippen LogP contribution is -2.27. The molecule has 2 N–H and O–H groups in total. The molecule has 2 aromatic heterocycles. The normalized spacial score (nSPS) is 11.9. The van der Waals surface area contributed by atoms with Crippen LogP contribution >= 0.6 is 0 Å². The zero-order valence-corrected chi connectivity index (χ0v) is 10.4. The summed E-state index contributed by atoms with van der Waals surface area (Å²) in [5.74, 6) is 0.547. The van der Waals surface area contributed by atoms with E-state index in [1.165, 1.54) is 25.4 Å². The van der Waals surface area contributed by atoms with E-state index in [9.17, 15) is 13.2 Å². The molecule has 0 unspecified atom stereocenters. The van der Waals surface area contributed by atoms with Crippen molar-refractivity contribution in [1.82, 2.24) is 19.3 Å². The molecule has 0 spiro atoms. The van der Waals surface area contributed by atoms with Crippen LogP contribution in [0.3, 0.4) is 0 Å². The number of aromatic nitrogens is 3. The molecule has 0 fully saturated rings. The van der Waals surface area contributed by atoms with Crippen LogP contribution in [0.4, 0.5) is 0 Å². The number of nitrogens with one attached hydrogen (secondary N) is 2. The number of nitrogens with zero attached hydrogens (tertiary/aromatic N) is 2. The van der Waals surface area contributed by atoms with E-state index in [0.717, 1.165) is 4.31 Å². The average Bonchev–Trinajstić information content (AvgIpc) is 2.82. The van der Waals surface area contributed by atoms with E-state index in [0.29, 0.717) is 5.82 Å². The molecule has 0 bridgehead atoms. The van der Waals surface area contributed by atoms with Gasteiger partial charge in [0, 0.05) is 31.7 Å². The second kappa shape index (κ2) is 4.75. The Hall–Kier alpha value is -1.93. The number of imidazole rings is 1. The van der Waals surface area contributed by atoms with Gasteiger partial charge in [-0.15, -0.1) is 0 Å². The van der Waals surface area contributed by atoms with Crippen LogP contribution in [0.25, 0.3) is 0 Å². The minimum atomic E-state index is -3.63. The molecule has 0 saturated carbocycles. The third-order valence-electron chi connectivity index (χ3n) is 2.39. The van der Waals surface area contributed by atoms with Gasteiger partial charge in [-0.25, -0.2) is 13.4 Å². The van der Waals surface area contributed by atoms with Gasteiger partial charge in [0.25, 0.3) is 0 Å².